The molecule has 0 heterocycles. The number of benzene rings is 2. The Hall–Kier alpha value is -1.56. The van der Waals surface area contributed by atoms with Gasteiger partial charge < -0.3 is 5.73 Å². The maximum Gasteiger partial charge on any atom is 0.241 e. The molecule has 0 saturated heterocycles. The van der Waals surface area contributed by atoms with Crippen molar-refractivity contribution in [3.8, 4) is 0 Å². The molecule has 2 aromatic carbocycles. The summed E-state index contributed by atoms with van der Waals surface area (Å²) in [5, 5.41) is 0.617. The van der Waals surface area contributed by atoms with Crippen molar-refractivity contribution in [3.63, 3.8) is 0 Å². The van der Waals surface area contributed by atoms with Crippen LogP contribution in [0, 0.1) is 13.8 Å². The van der Waals surface area contributed by atoms with Crippen LogP contribution in [0.3, 0.4) is 0 Å². The number of rotatable bonds is 4. The molecule has 4 nitrogen and oxygen atoms in total. The van der Waals surface area contributed by atoms with E-state index < -0.39 is 10.0 Å². The average molecular weight is 325 g/mol. The lowest BCUT2D eigenvalue weighted by atomic mass is 10.1. The maximum atomic E-state index is 12.4. The highest BCUT2D eigenvalue weighted by Gasteiger charge is 2.19. The number of nitrogens with two attached hydrogens (primary N) is 1. The second-order valence-corrected chi connectivity index (χ2v) is 7.08. The van der Waals surface area contributed by atoms with Crippen LogP contribution in [0.25, 0.3) is 0 Å². The molecule has 0 aromatic heterocycles. The zero-order valence-electron chi connectivity index (χ0n) is 11.9. The van der Waals surface area contributed by atoms with Crippen molar-refractivity contribution in [2.75, 3.05) is 5.73 Å². The SMILES string of the molecule is Cc1cc(N)cc(C)c1S(=O)(=O)NCc1ccc(Cl)cc1. The van der Waals surface area contributed by atoms with Gasteiger partial charge in [0.05, 0.1) is 4.90 Å². The van der Waals surface area contributed by atoms with E-state index >= 15 is 0 Å². The fourth-order valence-corrected chi connectivity index (χ4v) is 3.85. The van der Waals surface area contributed by atoms with Gasteiger partial charge in [0.25, 0.3) is 0 Å². The molecule has 0 spiro atoms. The van der Waals surface area contributed by atoms with Crippen LogP contribution in [0.15, 0.2) is 41.3 Å². The van der Waals surface area contributed by atoms with Crippen LogP contribution in [-0.2, 0) is 16.6 Å². The predicted molar refractivity (Wildman–Crippen MR) is 85.8 cm³/mol. The minimum Gasteiger partial charge on any atom is -0.399 e. The van der Waals surface area contributed by atoms with E-state index in [0.29, 0.717) is 21.8 Å². The number of aryl methyl sites for hydroxylation is 2. The third-order valence-corrected chi connectivity index (χ3v) is 5.09. The lowest BCUT2D eigenvalue weighted by molar-refractivity contribution is 0.580. The first-order chi connectivity index (χ1) is 9.79. The van der Waals surface area contributed by atoms with Crippen LogP contribution >= 0.6 is 11.6 Å². The predicted octanol–water partition coefficient (Wildman–Crippen LogP) is 3.02. The third-order valence-electron chi connectivity index (χ3n) is 3.13. The van der Waals surface area contributed by atoms with Crippen molar-refractivity contribution >= 4 is 27.3 Å². The Labute approximate surface area is 130 Å². The first-order valence-corrected chi connectivity index (χ1v) is 8.26. The molecular weight excluding hydrogens is 308 g/mol. The van der Waals surface area contributed by atoms with Crippen LogP contribution in [0.2, 0.25) is 5.02 Å². The van der Waals surface area contributed by atoms with Gasteiger partial charge in [0.2, 0.25) is 10.0 Å². The summed E-state index contributed by atoms with van der Waals surface area (Å²) in [6.07, 6.45) is 0. The van der Waals surface area contributed by atoms with Gasteiger partial charge in [-0.3, -0.25) is 0 Å². The number of hydrogen-bond donors (Lipinski definition) is 2. The fraction of sp³-hybridized carbons (Fsp3) is 0.200. The summed E-state index contributed by atoms with van der Waals surface area (Å²) < 4.78 is 27.5. The zero-order chi connectivity index (χ0) is 15.6. The molecule has 112 valence electrons. The minimum absolute atomic E-state index is 0.211. The molecule has 0 unspecified atom stereocenters. The van der Waals surface area contributed by atoms with Gasteiger partial charge in [-0.2, -0.15) is 0 Å². The monoisotopic (exact) mass is 324 g/mol. The largest absolute Gasteiger partial charge is 0.399 e. The lowest BCUT2D eigenvalue weighted by Gasteiger charge is -2.13. The summed E-state index contributed by atoms with van der Waals surface area (Å²) in [5.41, 5.74) is 8.39. The van der Waals surface area contributed by atoms with Gasteiger partial charge in [0, 0.05) is 17.3 Å². The van der Waals surface area contributed by atoms with Crippen molar-refractivity contribution in [2.24, 2.45) is 0 Å². The lowest BCUT2D eigenvalue weighted by Crippen LogP contribution is -2.25. The standard InChI is InChI=1S/C15H17ClN2O2S/c1-10-7-14(17)8-11(2)15(10)21(19,20)18-9-12-3-5-13(16)6-4-12/h3-8,18H,9,17H2,1-2H3. The summed E-state index contributed by atoms with van der Waals surface area (Å²) >= 11 is 5.80. The molecule has 21 heavy (non-hydrogen) atoms. The Morgan fingerprint density at radius 1 is 1.10 bits per heavy atom. The van der Waals surface area contributed by atoms with Crippen molar-refractivity contribution in [1.82, 2.24) is 4.72 Å². The highest BCUT2D eigenvalue weighted by Crippen LogP contribution is 2.23. The summed E-state index contributed by atoms with van der Waals surface area (Å²) in [6.45, 7) is 3.68. The van der Waals surface area contributed by atoms with Crippen LogP contribution in [0.4, 0.5) is 5.69 Å². The summed E-state index contributed by atoms with van der Waals surface area (Å²) in [5.74, 6) is 0. The van der Waals surface area contributed by atoms with E-state index in [4.69, 9.17) is 17.3 Å². The quantitative estimate of drug-likeness (QED) is 0.849. The van der Waals surface area contributed by atoms with Gasteiger partial charge in [-0.1, -0.05) is 23.7 Å². The number of nitrogens with one attached hydrogen (secondary N) is 1. The van der Waals surface area contributed by atoms with Crippen LogP contribution in [0.1, 0.15) is 16.7 Å². The molecule has 0 atom stereocenters. The molecule has 0 saturated carbocycles. The fourth-order valence-electron chi connectivity index (χ4n) is 2.26. The molecule has 0 amide bonds. The molecule has 0 radical (unpaired) electrons. The number of anilines is 1. The highest BCUT2D eigenvalue weighted by molar-refractivity contribution is 7.89. The van der Waals surface area contributed by atoms with Gasteiger partial charge in [0.15, 0.2) is 0 Å². The Kier molecular flexibility index (Phi) is 4.56. The first-order valence-electron chi connectivity index (χ1n) is 6.40. The first kappa shape index (κ1) is 15.8. The Morgan fingerprint density at radius 2 is 1.62 bits per heavy atom. The Balaban J connectivity index is 2.25. The summed E-state index contributed by atoms with van der Waals surface area (Å²) in [7, 11) is -3.59. The molecule has 2 rings (SSSR count). The molecule has 2 aromatic rings. The number of hydrogen-bond acceptors (Lipinski definition) is 3. The molecule has 0 aliphatic rings. The molecule has 0 aliphatic carbocycles. The Bertz CT molecular complexity index is 733. The van der Waals surface area contributed by atoms with E-state index in [9.17, 15) is 8.42 Å². The van der Waals surface area contributed by atoms with Crippen molar-refractivity contribution in [1.29, 1.82) is 0 Å². The molecule has 0 fully saturated rings. The van der Waals surface area contributed by atoms with E-state index in [0.717, 1.165) is 5.56 Å². The summed E-state index contributed by atoms with van der Waals surface area (Å²) in [6, 6.07) is 10.3. The van der Waals surface area contributed by atoms with Gasteiger partial charge in [-0.15, -0.1) is 0 Å². The second kappa shape index (κ2) is 6.05. The zero-order valence-corrected chi connectivity index (χ0v) is 13.4. The molecular formula is C15H17ClN2O2S. The normalized spacial score (nSPS) is 11.6. The maximum absolute atomic E-state index is 12.4. The third kappa shape index (κ3) is 3.75. The minimum atomic E-state index is -3.59. The number of halogens is 1. The van der Waals surface area contributed by atoms with Gasteiger partial charge in [0.1, 0.15) is 0 Å². The van der Waals surface area contributed by atoms with Gasteiger partial charge in [-0.05, 0) is 54.8 Å². The smallest absolute Gasteiger partial charge is 0.241 e. The van der Waals surface area contributed by atoms with E-state index in [1.807, 2.05) is 0 Å². The van der Waals surface area contributed by atoms with Crippen LogP contribution in [-0.4, -0.2) is 8.42 Å². The topological polar surface area (TPSA) is 72.2 Å². The van der Waals surface area contributed by atoms with E-state index in [1.54, 1.807) is 50.2 Å². The van der Waals surface area contributed by atoms with Crippen LogP contribution < -0.4 is 10.5 Å². The second-order valence-electron chi connectivity index (χ2n) is 4.93. The highest BCUT2D eigenvalue weighted by atomic mass is 35.5. The van der Waals surface area contributed by atoms with Gasteiger partial charge >= 0.3 is 0 Å². The Morgan fingerprint density at radius 3 is 2.14 bits per heavy atom. The van der Waals surface area contributed by atoms with Crippen molar-refractivity contribution in [3.05, 3.63) is 58.1 Å². The van der Waals surface area contributed by atoms with Crippen LogP contribution in [0.5, 0.6) is 0 Å². The van der Waals surface area contributed by atoms with E-state index in [2.05, 4.69) is 4.72 Å². The molecule has 6 heteroatoms. The number of sulfonamides is 1. The number of nitrogen functional groups attached to an aromatic ring is 1. The van der Waals surface area contributed by atoms with E-state index in [-0.39, 0.29) is 11.4 Å². The van der Waals surface area contributed by atoms with Crippen molar-refractivity contribution in [2.45, 2.75) is 25.3 Å². The average Bonchev–Trinajstić information content (AvgIpc) is 2.36. The molecule has 0 bridgehead atoms. The van der Waals surface area contributed by atoms with Crippen molar-refractivity contribution < 1.29 is 8.42 Å². The summed E-state index contributed by atoms with van der Waals surface area (Å²) in [4.78, 5) is 0.283. The van der Waals surface area contributed by atoms with E-state index in [1.165, 1.54) is 0 Å². The molecule has 3 N–H and O–H groups in total. The van der Waals surface area contributed by atoms with Gasteiger partial charge in [-0.25, -0.2) is 13.1 Å². The molecule has 0 aliphatic heterocycles.